The van der Waals surface area contributed by atoms with Gasteiger partial charge >= 0.3 is 5.97 Å². The Hall–Kier alpha value is -3.99. The summed E-state index contributed by atoms with van der Waals surface area (Å²) in [4.78, 5) is 23.9. The predicted molar refractivity (Wildman–Crippen MR) is 123 cm³/mol. The second kappa shape index (κ2) is 7.36. The van der Waals surface area contributed by atoms with E-state index in [1.807, 2.05) is 50.5 Å². The normalized spacial score (nSPS) is 11.5. The quantitative estimate of drug-likeness (QED) is 0.368. The molecule has 0 saturated heterocycles. The zero-order valence-corrected chi connectivity index (χ0v) is 17.3. The van der Waals surface area contributed by atoms with E-state index in [0.29, 0.717) is 5.56 Å². The molecular weight excluding hydrogens is 386 g/mol. The number of rotatable bonds is 4. The lowest BCUT2D eigenvalue weighted by Gasteiger charge is -2.12. The minimum Gasteiger partial charge on any atom is -0.478 e. The number of H-pyrrole nitrogens is 1. The first-order valence-electron chi connectivity index (χ1n) is 10.2. The van der Waals surface area contributed by atoms with Crippen LogP contribution < -0.4 is 0 Å². The Morgan fingerprint density at radius 3 is 2.61 bits per heavy atom. The highest BCUT2D eigenvalue weighted by Crippen LogP contribution is 2.34. The van der Waals surface area contributed by atoms with E-state index in [4.69, 9.17) is 0 Å². The van der Waals surface area contributed by atoms with E-state index in [-0.39, 0.29) is 5.92 Å². The zero-order chi connectivity index (χ0) is 21.5. The van der Waals surface area contributed by atoms with Crippen molar-refractivity contribution in [3.8, 4) is 22.3 Å². The van der Waals surface area contributed by atoms with Crippen molar-refractivity contribution in [2.24, 2.45) is 0 Å². The van der Waals surface area contributed by atoms with E-state index in [1.54, 1.807) is 12.3 Å². The van der Waals surface area contributed by atoms with Crippen molar-refractivity contribution in [3.05, 3.63) is 84.3 Å². The molecule has 2 aromatic carbocycles. The van der Waals surface area contributed by atoms with Crippen molar-refractivity contribution in [2.75, 3.05) is 0 Å². The molecular formula is C26H21N3O2. The summed E-state index contributed by atoms with van der Waals surface area (Å²) in [5.74, 6) is -0.792. The lowest BCUT2D eigenvalue weighted by Crippen LogP contribution is -2.04. The Balaban J connectivity index is 1.64. The number of nitrogens with one attached hydrogen (secondary N) is 1. The van der Waals surface area contributed by atoms with Crippen LogP contribution in [0.3, 0.4) is 0 Å². The van der Waals surface area contributed by atoms with Gasteiger partial charge in [0.2, 0.25) is 0 Å². The Morgan fingerprint density at radius 1 is 0.968 bits per heavy atom. The number of hydrogen-bond acceptors (Lipinski definition) is 3. The van der Waals surface area contributed by atoms with Gasteiger partial charge in [-0.2, -0.15) is 0 Å². The molecule has 5 aromatic rings. The maximum atomic E-state index is 11.6. The molecule has 0 aliphatic rings. The van der Waals surface area contributed by atoms with Gasteiger partial charge in [0.05, 0.1) is 11.1 Å². The molecule has 0 aliphatic carbocycles. The number of aromatic carboxylic acids is 1. The molecule has 2 N–H and O–H groups in total. The number of aromatic amines is 1. The molecule has 0 atom stereocenters. The number of pyridine rings is 2. The van der Waals surface area contributed by atoms with E-state index in [0.717, 1.165) is 49.8 Å². The standard InChI is InChI=1S/C26H21N3O2/c1-15(2)21-11-17(5-7-20(21)26(30)31)23-14-29-25-22(23)12-19(13-28-25)16-6-8-24-18(10-16)4-3-9-27-24/h3-15H,1-2H3,(H,28,29)(H,30,31). The summed E-state index contributed by atoms with van der Waals surface area (Å²) in [6.07, 6.45) is 5.60. The number of fused-ring (bicyclic) bond motifs is 2. The van der Waals surface area contributed by atoms with E-state index in [1.165, 1.54) is 0 Å². The summed E-state index contributed by atoms with van der Waals surface area (Å²) < 4.78 is 0. The molecule has 0 radical (unpaired) electrons. The molecule has 152 valence electrons. The smallest absolute Gasteiger partial charge is 0.335 e. The van der Waals surface area contributed by atoms with E-state index >= 15 is 0 Å². The van der Waals surface area contributed by atoms with Crippen LogP contribution >= 0.6 is 0 Å². The van der Waals surface area contributed by atoms with Crippen LogP contribution in [0.2, 0.25) is 0 Å². The van der Waals surface area contributed by atoms with Crippen LogP contribution in [0.5, 0.6) is 0 Å². The third kappa shape index (κ3) is 3.34. The van der Waals surface area contributed by atoms with Gasteiger partial charge in [-0.1, -0.05) is 32.0 Å². The molecule has 0 bridgehead atoms. The summed E-state index contributed by atoms with van der Waals surface area (Å²) in [6, 6.07) is 17.9. The van der Waals surface area contributed by atoms with Crippen molar-refractivity contribution >= 4 is 27.9 Å². The minimum atomic E-state index is -0.899. The summed E-state index contributed by atoms with van der Waals surface area (Å²) in [5.41, 5.74) is 7.01. The van der Waals surface area contributed by atoms with Gasteiger partial charge in [0.15, 0.2) is 0 Å². The molecule has 31 heavy (non-hydrogen) atoms. The molecule has 0 amide bonds. The number of benzene rings is 2. The van der Waals surface area contributed by atoms with Crippen LogP contribution in [-0.2, 0) is 0 Å². The van der Waals surface area contributed by atoms with Crippen LogP contribution in [0.15, 0.2) is 73.2 Å². The fraction of sp³-hybridized carbons (Fsp3) is 0.115. The first-order chi connectivity index (χ1) is 15.0. The molecule has 5 rings (SSSR count). The van der Waals surface area contributed by atoms with Crippen molar-refractivity contribution in [1.82, 2.24) is 15.0 Å². The van der Waals surface area contributed by atoms with Gasteiger partial charge in [0.25, 0.3) is 0 Å². The van der Waals surface area contributed by atoms with Crippen molar-refractivity contribution in [2.45, 2.75) is 19.8 Å². The first kappa shape index (κ1) is 19.0. The monoisotopic (exact) mass is 407 g/mol. The molecule has 0 aliphatic heterocycles. The Labute approximate surface area is 179 Å². The SMILES string of the molecule is CC(C)c1cc(-c2c[nH]c3ncc(-c4ccc5ncccc5c4)cc23)ccc1C(=O)O. The second-order valence-electron chi connectivity index (χ2n) is 8.00. The Bertz CT molecular complexity index is 1450. The molecule has 5 nitrogen and oxygen atoms in total. The third-order valence-electron chi connectivity index (χ3n) is 5.68. The maximum Gasteiger partial charge on any atom is 0.335 e. The second-order valence-corrected chi connectivity index (χ2v) is 8.00. The van der Waals surface area contributed by atoms with Gasteiger partial charge < -0.3 is 10.1 Å². The summed E-state index contributed by atoms with van der Waals surface area (Å²) in [6.45, 7) is 4.02. The van der Waals surface area contributed by atoms with Crippen LogP contribution in [0.4, 0.5) is 0 Å². The third-order valence-corrected chi connectivity index (χ3v) is 5.68. The number of hydrogen-bond donors (Lipinski definition) is 2. The number of nitrogens with zero attached hydrogens (tertiary/aromatic N) is 2. The zero-order valence-electron chi connectivity index (χ0n) is 17.3. The number of carboxylic acid groups (broad SMARTS) is 1. The minimum absolute atomic E-state index is 0.108. The highest BCUT2D eigenvalue weighted by Gasteiger charge is 2.16. The number of carboxylic acids is 1. The van der Waals surface area contributed by atoms with Crippen molar-refractivity contribution in [1.29, 1.82) is 0 Å². The first-order valence-corrected chi connectivity index (χ1v) is 10.2. The van der Waals surface area contributed by atoms with Gasteiger partial charge in [0.1, 0.15) is 5.65 Å². The van der Waals surface area contributed by atoms with Crippen LogP contribution in [0.1, 0.15) is 35.7 Å². The summed E-state index contributed by atoms with van der Waals surface area (Å²) in [7, 11) is 0. The molecule has 0 fully saturated rings. The van der Waals surface area contributed by atoms with Crippen molar-refractivity contribution < 1.29 is 9.90 Å². The van der Waals surface area contributed by atoms with Crippen molar-refractivity contribution in [3.63, 3.8) is 0 Å². The van der Waals surface area contributed by atoms with Gasteiger partial charge in [0, 0.05) is 40.5 Å². The highest BCUT2D eigenvalue weighted by atomic mass is 16.4. The summed E-state index contributed by atoms with van der Waals surface area (Å²) >= 11 is 0. The predicted octanol–water partition coefficient (Wildman–Crippen LogP) is 6.27. The largest absolute Gasteiger partial charge is 0.478 e. The topological polar surface area (TPSA) is 78.9 Å². The summed E-state index contributed by atoms with van der Waals surface area (Å²) in [5, 5.41) is 11.6. The van der Waals surface area contributed by atoms with E-state index in [2.05, 4.69) is 39.2 Å². The molecule has 0 spiro atoms. The maximum absolute atomic E-state index is 11.6. The highest BCUT2D eigenvalue weighted by molar-refractivity contribution is 5.98. The molecule has 3 heterocycles. The van der Waals surface area contributed by atoms with Crippen LogP contribution in [-0.4, -0.2) is 26.0 Å². The lowest BCUT2D eigenvalue weighted by molar-refractivity contribution is 0.0695. The average Bonchev–Trinajstić information content (AvgIpc) is 3.21. The number of carbonyl (C=O) groups is 1. The number of aromatic nitrogens is 3. The Morgan fingerprint density at radius 2 is 1.81 bits per heavy atom. The van der Waals surface area contributed by atoms with Gasteiger partial charge in [-0.25, -0.2) is 9.78 Å². The van der Waals surface area contributed by atoms with E-state index in [9.17, 15) is 9.90 Å². The van der Waals surface area contributed by atoms with Gasteiger partial charge in [-0.05, 0) is 59.0 Å². The molecule has 5 heteroatoms. The fourth-order valence-corrected chi connectivity index (χ4v) is 4.06. The molecule has 0 saturated carbocycles. The van der Waals surface area contributed by atoms with Gasteiger partial charge in [-0.15, -0.1) is 0 Å². The van der Waals surface area contributed by atoms with Gasteiger partial charge in [-0.3, -0.25) is 4.98 Å². The average molecular weight is 407 g/mol. The molecule has 0 unspecified atom stereocenters. The lowest BCUT2D eigenvalue weighted by atomic mass is 9.92. The Kier molecular flexibility index (Phi) is 4.51. The van der Waals surface area contributed by atoms with E-state index < -0.39 is 5.97 Å². The fourth-order valence-electron chi connectivity index (χ4n) is 4.06. The van der Waals surface area contributed by atoms with Crippen LogP contribution in [0.25, 0.3) is 44.2 Å². The molecule has 3 aromatic heterocycles. The van der Waals surface area contributed by atoms with Crippen LogP contribution in [0, 0.1) is 0 Å².